The van der Waals surface area contributed by atoms with Gasteiger partial charge in [0.1, 0.15) is 11.9 Å². The summed E-state index contributed by atoms with van der Waals surface area (Å²) in [6.07, 6.45) is 3.63. The van der Waals surface area contributed by atoms with Crippen molar-refractivity contribution in [2.24, 2.45) is 0 Å². The minimum atomic E-state index is -0.587. The van der Waals surface area contributed by atoms with Gasteiger partial charge in [-0.15, -0.1) is 0 Å². The molecule has 1 heterocycles. The number of halogens is 1. The molecule has 20 heavy (non-hydrogen) atoms. The first-order valence-corrected chi connectivity index (χ1v) is 7.13. The highest BCUT2D eigenvalue weighted by Gasteiger charge is 2.23. The fourth-order valence-electron chi connectivity index (χ4n) is 2.91. The number of nitrogens with one attached hydrogen (secondary N) is 1. The van der Waals surface area contributed by atoms with Gasteiger partial charge in [0.25, 0.3) is 0 Å². The Morgan fingerprint density at radius 3 is 2.70 bits per heavy atom. The Morgan fingerprint density at radius 1 is 1.35 bits per heavy atom. The highest BCUT2D eigenvalue weighted by atomic mass is 32.1. The molecule has 2 aromatic rings. The van der Waals surface area contributed by atoms with Crippen LogP contribution in [-0.2, 0) is 0 Å². The number of H-pyrrole nitrogens is 1. The van der Waals surface area contributed by atoms with E-state index >= 15 is 0 Å². The van der Waals surface area contributed by atoms with Crippen molar-refractivity contribution in [1.82, 2.24) is 9.55 Å². The first-order chi connectivity index (χ1) is 9.60. The summed E-state index contributed by atoms with van der Waals surface area (Å²) in [6, 6.07) is 4.53. The Hall–Kier alpha value is -1.74. The minimum absolute atomic E-state index is 0.0510. The van der Waals surface area contributed by atoms with Crippen molar-refractivity contribution in [3.63, 3.8) is 0 Å². The Bertz CT molecular complexity index is 750. The second kappa shape index (κ2) is 4.98. The van der Waals surface area contributed by atoms with Crippen molar-refractivity contribution in [2.75, 3.05) is 0 Å². The minimum Gasteiger partial charge on any atom is -0.305 e. The van der Waals surface area contributed by atoms with Crippen molar-refractivity contribution in [3.8, 4) is 6.07 Å². The summed E-state index contributed by atoms with van der Waals surface area (Å²) in [5, 5.41) is 9.22. The van der Waals surface area contributed by atoms with E-state index in [1.165, 1.54) is 12.1 Å². The third kappa shape index (κ3) is 2.12. The van der Waals surface area contributed by atoms with Gasteiger partial charge in [-0.3, -0.25) is 4.57 Å². The van der Waals surface area contributed by atoms with Gasteiger partial charge in [0, 0.05) is 17.4 Å². The van der Waals surface area contributed by atoms with E-state index in [2.05, 4.69) is 17.6 Å². The van der Waals surface area contributed by atoms with E-state index in [0.717, 1.165) is 25.7 Å². The Labute approximate surface area is 120 Å². The average molecular weight is 291 g/mol. The second-order valence-corrected chi connectivity index (χ2v) is 5.95. The normalized spacial score (nSPS) is 22.9. The van der Waals surface area contributed by atoms with Gasteiger partial charge in [-0.1, -0.05) is 0 Å². The fraction of sp³-hybridized carbons (Fsp3) is 0.429. The molecule has 4 nitrogen and oxygen atoms in total. The Kier molecular flexibility index (Phi) is 3.30. The van der Waals surface area contributed by atoms with Gasteiger partial charge in [0.05, 0.1) is 16.6 Å². The zero-order valence-electron chi connectivity index (χ0n) is 10.8. The number of hydrogen-bond acceptors (Lipinski definition) is 3. The van der Waals surface area contributed by atoms with Gasteiger partial charge in [0.15, 0.2) is 0 Å². The number of benzene rings is 1. The molecule has 3 rings (SSSR count). The zero-order valence-corrected chi connectivity index (χ0v) is 11.7. The summed E-state index contributed by atoms with van der Waals surface area (Å²) in [4.78, 5) is 14.8. The van der Waals surface area contributed by atoms with Gasteiger partial charge in [-0.2, -0.15) is 17.9 Å². The molecule has 0 radical (unpaired) electrons. The standard InChI is InChI=1S/C14H14FN3OS/c15-11-6-13-12(5-8(11)7-16)17-14(19)18(13)9-1-3-10(20)4-2-9/h5-6,9-10,20H,1-4H2,(H,17,19). The first-order valence-electron chi connectivity index (χ1n) is 6.62. The van der Waals surface area contributed by atoms with Crippen molar-refractivity contribution in [3.05, 3.63) is 34.0 Å². The molecule has 6 heteroatoms. The van der Waals surface area contributed by atoms with E-state index in [1.807, 2.05) is 0 Å². The molecule has 0 amide bonds. The van der Waals surface area contributed by atoms with Crippen LogP contribution in [0, 0.1) is 17.1 Å². The van der Waals surface area contributed by atoms with Crippen LogP contribution in [0.25, 0.3) is 11.0 Å². The lowest BCUT2D eigenvalue weighted by molar-refractivity contribution is 0.361. The third-order valence-corrected chi connectivity index (χ3v) is 4.47. The lowest BCUT2D eigenvalue weighted by atomic mass is 9.94. The number of fused-ring (bicyclic) bond motifs is 1. The highest BCUT2D eigenvalue weighted by Crippen LogP contribution is 2.32. The molecule has 1 aromatic carbocycles. The molecule has 1 aliphatic carbocycles. The van der Waals surface area contributed by atoms with E-state index in [-0.39, 0.29) is 17.3 Å². The van der Waals surface area contributed by atoms with Gasteiger partial charge >= 0.3 is 5.69 Å². The number of aromatic nitrogens is 2. The van der Waals surface area contributed by atoms with E-state index in [4.69, 9.17) is 5.26 Å². The van der Waals surface area contributed by atoms with Crippen LogP contribution in [0.1, 0.15) is 37.3 Å². The van der Waals surface area contributed by atoms with Crippen LogP contribution in [0.15, 0.2) is 16.9 Å². The van der Waals surface area contributed by atoms with E-state index in [0.29, 0.717) is 16.3 Å². The maximum atomic E-state index is 13.8. The van der Waals surface area contributed by atoms with E-state index < -0.39 is 5.82 Å². The smallest absolute Gasteiger partial charge is 0.305 e. The third-order valence-electron chi connectivity index (χ3n) is 3.96. The van der Waals surface area contributed by atoms with Crippen LogP contribution >= 0.6 is 12.6 Å². The molecule has 104 valence electrons. The van der Waals surface area contributed by atoms with Crippen molar-refractivity contribution in [1.29, 1.82) is 5.26 Å². The van der Waals surface area contributed by atoms with Crippen LogP contribution in [0.4, 0.5) is 4.39 Å². The average Bonchev–Trinajstić information content (AvgIpc) is 2.74. The topological polar surface area (TPSA) is 61.6 Å². The molecule has 0 atom stereocenters. The molecular weight excluding hydrogens is 277 g/mol. The van der Waals surface area contributed by atoms with Gasteiger partial charge in [-0.05, 0) is 31.7 Å². The van der Waals surface area contributed by atoms with Crippen LogP contribution < -0.4 is 5.69 Å². The summed E-state index contributed by atoms with van der Waals surface area (Å²) >= 11 is 4.45. The fourth-order valence-corrected chi connectivity index (χ4v) is 3.21. The second-order valence-electron chi connectivity index (χ2n) is 5.22. The van der Waals surface area contributed by atoms with Crippen molar-refractivity contribution in [2.45, 2.75) is 37.0 Å². The van der Waals surface area contributed by atoms with Gasteiger partial charge in [0.2, 0.25) is 0 Å². The number of aromatic amines is 1. The number of thiol groups is 1. The van der Waals surface area contributed by atoms with Crippen LogP contribution in [0.2, 0.25) is 0 Å². The monoisotopic (exact) mass is 291 g/mol. The van der Waals surface area contributed by atoms with E-state index in [9.17, 15) is 9.18 Å². The highest BCUT2D eigenvalue weighted by molar-refractivity contribution is 7.80. The van der Waals surface area contributed by atoms with Crippen LogP contribution in [0.5, 0.6) is 0 Å². The molecule has 1 saturated carbocycles. The number of nitrogens with zero attached hydrogens (tertiary/aromatic N) is 2. The zero-order chi connectivity index (χ0) is 14.3. The Morgan fingerprint density at radius 2 is 2.05 bits per heavy atom. The lowest BCUT2D eigenvalue weighted by Gasteiger charge is -2.26. The predicted octanol–water partition coefficient (Wildman–Crippen LogP) is 2.75. The molecule has 0 bridgehead atoms. The molecule has 1 aromatic heterocycles. The van der Waals surface area contributed by atoms with Crippen molar-refractivity contribution >= 4 is 23.7 Å². The maximum absolute atomic E-state index is 13.8. The molecule has 1 aliphatic rings. The van der Waals surface area contributed by atoms with Crippen molar-refractivity contribution < 1.29 is 4.39 Å². The van der Waals surface area contributed by atoms with E-state index in [1.54, 1.807) is 10.6 Å². The summed E-state index contributed by atoms with van der Waals surface area (Å²) in [5.41, 5.74) is 0.761. The van der Waals surface area contributed by atoms with Crippen LogP contribution in [0.3, 0.4) is 0 Å². The largest absolute Gasteiger partial charge is 0.326 e. The number of hydrogen-bond donors (Lipinski definition) is 2. The maximum Gasteiger partial charge on any atom is 0.326 e. The number of imidazole rings is 1. The SMILES string of the molecule is N#Cc1cc2[nH]c(=O)n(C3CCC(S)CC3)c2cc1F. The summed E-state index contributed by atoms with van der Waals surface area (Å²) in [7, 11) is 0. The quantitative estimate of drug-likeness (QED) is 0.794. The summed E-state index contributed by atoms with van der Waals surface area (Å²) in [6.45, 7) is 0. The molecule has 1 N–H and O–H groups in total. The van der Waals surface area contributed by atoms with Gasteiger partial charge in [-0.25, -0.2) is 9.18 Å². The molecule has 0 unspecified atom stereocenters. The summed E-state index contributed by atoms with van der Waals surface area (Å²) in [5.74, 6) is -0.587. The molecular formula is C14H14FN3OS. The molecule has 0 aliphatic heterocycles. The molecule has 1 fully saturated rings. The lowest BCUT2D eigenvalue weighted by Crippen LogP contribution is -2.26. The van der Waals surface area contributed by atoms with Gasteiger partial charge < -0.3 is 4.98 Å². The molecule has 0 saturated heterocycles. The number of nitriles is 1. The van der Waals surface area contributed by atoms with Crippen LogP contribution in [-0.4, -0.2) is 14.8 Å². The Balaban J connectivity index is 2.12. The molecule has 0 spiro atoms. The summed E-state index contributed by atoms with van der Waals surface area (Å²) < 4.78 is 15.4. The number of rotatable bonds is 1. The first kappa shape index (κ1) is 13.3. The predicted molar refractivity (Wildman–Crippen MR) is 77.5 cm³/mol.